The summed E-state index contributed by atoms with van der Waals surface area (Å²) in [6.45, 7) is 10.9. The number of hydrogen-bond acceptors (Lipinski definition) is 7. The van der Waals surface area contributed by atoms with Crippen LogP contribution < -0.4 is 15.5 Å². The van der Waals surface area contributed by atoms with Gasteiger partial charge in [0.1, 0.15) is 11.0 Å². The molecule has 31 heavy (non-hydrogen) atoms. The SMILES string of the molecule is CCN1CCN(c2nc(Cl)cc(NCCCNc3ccnc4cc(C)ccc34)n2)CC1. The first-order valence-electron chi connectivity index (χ1n) is 11.0. The third-order valence-corrected chi connectivity index (χ3v) is 5.85. The predicted molar refractivity (Wildman–Crippen MR) is 129 cm³/mol. The van der Waals surface area contributed by atoms with Gasteiger partial charge < -0.3 is 20.4 Å². The van der Waals surface area contributed by atoms with Crippen molar-refractivity contribution in [1.82, 2.24) is 19.9 Å². The molecule has 1 saturated heterocycles. The number of aryl methyl sites for hydroxylation is 1. The Hall–Kier alpha value is -2.64. The highest BCUT2D eigenvalue weighted by atomic mass is 35.5. The van der Waals surface area contributed by atoms with Crippen molar-refractivity contribution in [3.8, 4) is 0 Å². The maximum Gasteiger partial charge on any atom is 0.228 e. The number of hydrogen-bond donors (Lipinski definition) is 2. The van der Waals surface area contributed by atoms with Crippen LogP contribution in [0.1, 0.15) is 18.9 Å². The second kappa shape index (κ2) is 10.1. The molecule has 2 N–H and O–H groups in total. The van der Waals surface area contributed by atoms with Crippen molar-refractivity contribution in [2.45, 2.75) is 20.3 Å². The maximum atomic E-state index is 6.27. The van der Waals surface area contributed by atoms with Gasteiger partial charge in [-0.25, -0.2) is 4.98 Å². The molecule has 1 aromatic carbocycles. The van der Waals surface area contributed by atoms with E-state index in [0.717, 1.165) is 74.6 Å². The molecular weight excluding hydrogens is 410 g/mol. The number of aromatic nitrogens is 3. The van der Waals surface area contributed by atoms with Crippen LogP contribution in [0, 0.1) is 6.92 Å². The second-order valence-electron chi connectivity index (χ2n) is 7.88. The zero-order chi connectivity index (χ0) is 21.6. The minimum absolute atomic E-state index is 0.474. The summed E-state index contributed by atoms with van der Waals surface area (Å²) >= 11 is 6.27. The zero-order valence-corrected chi connectivity index (χ0v) is 19.0. The molecule has 4 rings (SSSR count). The van der Waals surface area contributed by atoms with Crippen LogP contribution in [0.2, 0.25) is 5.15 Å². The average molecular weight is 440 g/mol. The lowest BCUT2D eigenvalue weighted by Gasteiger charge is -2.34. The van der Waals surface area contributed by atoms with E-state index in [1.165, 1.54) is 5.56 Å². The number of rotatable bonds is 8. The summed E-state index contributed by atoms with van der Waals surface area (Å²) in [4.78, 5) is 18.2. The molecule has 7 nitrogen and oxygen atoms in total. The molecule has 0 spiro atoms. The molecule has 1 aliphatic rings. The third-order valence-electron chi connectivity index (χ3n) is 5.66. The summed E-state index contributed by atoms with van der Waals surface area (Å²) in [7, 11) is 0. The van der Waals surface area contributed by atoms with E-state index in [4.69, 9.17) is 11.6 Å². The van der Waals surface area contributed by atoms with Crippen LogP contribution in [0.3, 0.4) is 0 Å². The van der Waals surface area contributed by atoms with Gasteiger partial charge >= 0.3 is 0 Å². The lowest BCUT2D eigenvalue weighted by atomic mass is 10.1. The Kier molecular flexibility index (Phi) is 7.04. The van der Waals surface area contributed by atoms with Gasteiger partial charge in [-0.2, -0.15) is 4.98 Å². The van der Waals surface area contributed by atoms with Gasteiger partial charge in [0.15, 0.2) is 0 Å². The second-order valence-corrected chi connectivity index (χ2v) is 8.27. The first-order valence-corrected chi connectivity index (χ1v) is 11.3. The van der Waals surface area contributed by atoms with E-state index in [2.05, 4.69) is 67.4 Å². The lowest BCUT2D eigenvalue weighted by molar-refractivity contribution is 0.270. The molecule has 3 aromatic rings. The minimum Gasteiger partial charge on any atom is -0.384 e. The van der Waals surface area contributed by atoms with Crippen molar-refractivity contribution in [3.63, 3.8) is 0 Å². The average Bonchev–Trinajstić information content (AvgIpc) is 2.78. The van der Waals surface area contributed by atoms with E-state index < -0.39 is 0 Å². The number of piperazine rings is 1. The van der Waals surface area contributed by atoms with Gasteiger partial charge in [-0.15, -0.1) is 0 Å². The normalized spacial score (nSPS) is 14.7. The van der Waals surface area contributed by atoms with E-state index in [1.807, 2.05) is 12.3 Å². The van der Waals surface area contributed by atoms with Gasteiger partial charge in [-0.3, -0.25) is 4.98 Å². The monoisotopic (exact) mass is 439 g/mol. The van der Waals surface area contributed by atoms with Crippen LogP contribution in [-0.4, -0.2) is 65.7 Å². The van der Waals surface area contributed by atoms with E-state index in [1.54, 1.807) is 6.07 Å². The van der Waals surface area contributed by atoms with Gasteiger partial charge in [0.05, 0.1) is 5.52 Å². The molecule has 1 aliphatic heterocycles. The minimum atomic E-state index is 0.474. The van der Waals surface area contributed by atoms with Crippen molar-refractivity contribution in [2.24, 2.45) is 0 Å². The highest BCUT2D eigenvalue weighted by molar-refractivity contribution is 6.29. The number of pyridine rings is 1. The molecule has 0 atom stereocenters. The Balaban J connectivity index is 1.29. The van der Waals surface area contributed by atoms with Crippen LogP contribution in [0.15, 0.2) is 36.5 Å². The van der Waals surface area contributed by atoms with Gasteiger partial charge in [0.2, 0.25) is 5.95 Å². The van der Waals surface area contributed by atoms with Crippen molar-refractivity contribution >= 4 is 40.0 Å². The standard InChI is InChI=1S/C23H30ClN7/c1-3-30-11-13-31(14-12-30)23-28-21(24)16-22(29-23)27-9-4-8-25-19-7-10-26-20-15-17(2)5-6-18(19)20/h5-7,10,15-16H,3-4,8-9,11-14H2,1-2H3,(H,25,26)(H,27,28,29). The Morgan fingerprint density at radius 2 is 1.81 bits per heavy atom. The topological polar surface area (TPSA) is 69.2 Å². The number of nitrogens with zero attached hydrogens (tertiary/aromatic N) is 5. The summed E-state index contributed by atoms with van der Waals surface area (Å²) in [6, 6.07) is 10.2. The van der Waals surface area contributed by atoms with Crippen molar-refractivity contribution in [2.75, 3.05) is 61.3 Å². The van der Waals surface area contributed by atoms with Gasteiger partial charge in [-0.1, -0.05) is 30.7 Å². The number of anilines is 3. The lowest BCUT2D eigenvalue weighted by Crippen LogP contribution is -2.46. The quantitative estimate of drug-likeness (QED) is 0.405. The molecule has 0 unspecified atom stereocenters. The number of likely N-dealkylation sites (N-methyl/N-ethyl adjacent to an activating group) is 1. The summed E-state index contributed by atoms with van der Waals surface area (Å²) in [5, 5.41) is 8.54. The van der Waals surface area contributed by atoms with E-state index in [-0.39, 0.29) is 0 Å². The Morgan fingerprint density at radius 1 is 1.00 bits per heavy atom. The number of benzene rings is 1. The fourth-order valence-corrected chi connectivity index (χ4v) is 4.02. The summed E-state index contributed by atoms with van der Waals surface area (Å²) in [5.41, 5.74) is 3.35. The van der Waals surface area contributed by atoms with E-state index in [9.17, 15) is 0 Å². The fourth-order valence-electron chi connectivity index (χ4n) is 3.84. The number of nitrogens with one attached hydrogen (secondary N) is 2. The Bertz CT molecular complexity index is 1020. The molecule has 164 valence electrons. The van der Waals surface area contributed by atoms with Crippen LogP contribution in [-0.2, 0) is 0 Å². The first-order chi connectivity index (χ1) is 15.1. The van der Waals surface area contributed by atoms with Crippen LogP contribution in [0.5, 0.6) is 0 Å². The Labute approximate surface area is 188 Å². The molecule has 2 aromatic heterocycles. The third kappa shape index (κ3) is 5.54. The van der Waals surface area contributed by atoms with Crippen LogP contribution >= 0.6 is 11.6 Å². The van der Waals surface area contributed by atoms with Crippen LogP contribution in [0.4, 0.5) is 17.5 Å². The first kappa shape index (κ1) is 21.6. The van der Waals surface area contributed by atoms with Crippen molar-refractivity contribution in [1.29, 1.82) is 0 Å². The Morgan fingerprint density at radius 3 is 2.61 bits per heavy atom. The molecular formula is C23H30ClN7. The largest absolute Gasteiger partial charge is 0.384 e. The maximum absolute atomic E-state index is 6.27. The highest BCUT2D eigenvalue weighted by Crippen LogP contribution is 2.22. The molecule has 8 heteroatoms. The molecule has 0 saturated carbocycles. The van der Waals surface area contributed by atoms with Crippen LogP contribution in [0.25, 0.3) is 10.9 Å². The van der Waals surface area contributed by atoms with Gasteiger partial charge in [0.25, 0.3) is 0 Å². The van der Waals surface area contributed by atoms with Crippen molar-refractivity contribution in [3.05, 3.63) is 47.2 Å². The summed E-state index contributed by atoms with van der Waals surface area (Å²) in [6.07, 6.45) is 2.80. The van der Waals surface area contributed by atoms with Crippen molar-refractivity contribution < 1.29 is 0 Å². The van der Waals surface area contributed by atoms with E-state index >= 15 is 0 Å². The highest BCUT2D eigenvalue weighted by Gasteiger charge is 2.18. The predicted octanol–water partition coefficient (Wildman–Crippen LogP) is 4.04. The summed E-state index contributed by atoms with van der Waals surface area (Å²) in [5.74, 6) is 1.49. The molecule has 0 radical (unpaired) electrons. The smallest absolute Gasteiger partial charge is 0.228 e. The molecule has 0 aliphatic carbocycles. The van der Waals surface area contributed by atoms with Gasteiger partial charge in [0, 0.05) is 62.6 Å². The number of fused-ring (bicyclic) bond motifs is 1. The zero-order valence-electron chi connectivity index (χ0n) is 18.2. The van der Waals surface area contributed by atoms with E-state index in [0.29, 0.717) is 11.1 Å². The molecule has 3 heterocycles. The van der Waals surface area contributed by atoms with Gasteiger partial charge in [-0.05, 0) is 37.6 Å². The summed E-state index contributed by atoms with van der Waals surface area (Å²) < 4.78 is 0. The number of halogens is 1. The molecule has 0 bridgehead atoms. The fraction of sp³-hybridized carbons (Fsp3) is 0.435. The molecule has 1 fully saturated rings. The molecule has 0 amide bonds.